The number of aryl methyl sites for hydroxylation is 2. The Balaban J connectivity index is 2.23. The monoisotopic (exact) mass is 349 g/mol. The molecule has 1 amide bonds. The number of aromatic nitrogens is 2. The lowest BCUT2D eigenvalue weighted by Crippen LogP contribution is -2.33. The van der Waals surface area contributed by atoms with Crippen LogP contribution >= 0.6 is 15.9 Å². The van der Waals surface area contributed by atoms with E-state index < -0.39 is 6.04 Å². The fraction of sp³-hybridized carbons (Fsp3) is 0.267. The summed E-state index contributed by atoms with van der Waals surface area (Å²) < 4.78 is 2.14. The lowest BCUT2D eigenvalue weighted by atomic mass is 10.2. The topological polar surface area (TPSA) is 64.0 Å². The van der Waals surface area contributed by atoms with Crippen molar-refractivity contribution in [2.75, 3.05) is 5.32 Å². The molecule has 1 atom stereocenters. The van der Waals surface area contributed by atoms with Crippen molar-refractivity contribution < 1.29 is 4.79 Å². The molecule has 0 bridgehead atoms. The minimum Gasteiger partial charge on any atom is -0.324 e. The minimum absolute atomic E-state index is 0.277. The number of carbonyl (C=O) groups is 1. The summed E-state index contributed by atoms with van der Waals surface area (Å²) in [6.45, 7) is 5.33. The number of carbonyl (C=O) groups excluding carboxylic acids is 1. The molecule has 0 radical (unpaired) electrons. The predicted molar refractivity (Wildman–Crippen MR) is 85.5 cm³/mol. The molecule has 1 N–H and O–H groups in total. The number of benzene rings is 1. The smallest absolute Gasteiger partial charge is 0.267 e. The van der Waals surface area contributed by atoms with Crippen LogP contribution in [0.3, 0.4) is 0 Å². The minimum atomic E-state index is -0.680. The molecule has 2 aromatic rings. The van der Waals surface area contributed by atoms with Gasteiger partial charge in [-0.2, -0.15) is 5.10 Å². The third kappa shape index (κ3) is 3.58. The highest BCUT2D eigenvalue weighted by Gasteiger charge is 2.18. The third-order valence-electron chi connectivity index (χ3n) is 3.15. The predicted octanol–water partition coefficient (Wildman–Crippen LogP) is 2.82. The normalized spacial score (nSPS) is 12.0. The highest BCUT2D eigenvalue weighted by molar-refractivity contribution is 9.10. The van der Waals surface area contributed by atoms with Crippen LogP contribution in [0.25, 0.3) is 0 Å². The van der Waals surface area contributed by atoms with Gasteiger partial charge < -0.3 is 5.32 Å². The van der Waals surface area contributed by atoms with Gasteiger partial charge in [-0.1, -0.05) is 15.9 Å². The molecular weight excluding hydrogens is 334 g/mol. The summed E-state index contributed by atoms with van der Waals surface area (Å²) in [4.78, 5) is 24.1. The van der Waals surface area contributed by atoms with Crippen molar-refractivity contribution >= 4 is 27.5 Å². The van der Waals surface area contributed by atoms with Gasteiger partial charge in [0.25, 0.3) is 5.56 Å². The van der Waals surface area contributed by atoms with Crippen LogP contribution in [0.1, 0.15) is 24.2 Å². The van der Waals surface area contributed by atoms with Crippen molar-refractivity contribution in [3.63, 3.8) is 0 Å². The number of nitrogens with one attached hydrogen (secondary N) is 1. The molecule has 0 spiro atoms. The van der Waals surface area contributed by atoms with Gasteiger partial charge in [-0.25, -0.2) is 4.68 Å². The van der Waals surface area contributed by atoms with Crippen LogP contribution in [0.4, 0.5) is 5.69 Å². The molecule has 5 nitrogen and oxygen atoms in total. The molecule has 1 unspecified atom stereocenters. The largest absolute Gasteiger partial charge is 0.324 e. The summed E-state index contributed by atoms with van der Waals surface area (Å²) >= 11 is 3.38. The van der Waals surface area contributed by atoms with Crippen molar-refractivity contribution in [1.82, 2.24) is 9.78 Å². The maximum absolute atomic E-state index is 12.3. The Kier molecular flexibility index (Phi) is 4.57. The number of hydrogen-bond donors (Lipinski definition) is 1. The Morgan fingerprint density at radius 1 is 1.29 bits per heavy atom. The van der Waals surface area contributed by atoms with Crippen molar-refractivity contribution in [3.8, 4) is 0 Å². The van der Waals surface area contributed by atoms with Gasteiger partial charge in [0.2, 0.25) is 5.91 Å². The van der Waals surface area contributed by atoms with Crippen molar-refractivity contribution in [1.29, 1.82) is 0 Å². The summed E-state index contributed by atoms with van der Waals surface area (Å²) in [6, 6.07) is 7.94. The highest BCUT2D eigenvalue weighted by Crippen LogP contribution is 2.20. The van der Waals surface area contributed by atoms with Crippen LogP contribution in [0.2, 0.25) is 0 Å². The van der Waals surface area contributed by atoms with E-state index in [9.17, 15) is 9.59 Å². The van der Waals surface area contributed by atoms with E-state index in [1.165, 1.54) is 10.7 Å². The number of rotatable bonds is 3. The Bertz CT molecular complexity index is 740. The second-order valence-corrected chi connectivity index (χ2v) is 5.80. The zero-order valence-electron chi connectivity index (χ0n) is 12.1. The van der Waals surface area contributed by atoms with E-state index in [2.05, 4.69) is 26.3 Å². The molecule has 110 valence electrons. The molecule has 6 heteroatoms. The molecule has 1 aromatic heterocycles. The first-order chi connectivity index (χ1) is 9.88. The molecule has 0 aliphatic carbocycles. The molecule has 0 aliphatic rings. The highest BCUT2D eigenvalue weighted by atomic mass is 79.9. The summed E-state index contributed by atoms with van der Waals surface area (Å²) in [5.74, 6) is -0.277. The van der Waals surface area contributed by atoms with Gasteiger partial charge in [0.15, 0.2) is 0 Å². The first kappa shape index (κ1) is 15.4. The lowest BCUT2D eigenvalue weighted by Gasteiger charge is -2.15. The van der Waals surface area contributed by atoms with E-state index in [1.54, 1.807) is 19.9 Å². The number of halogens is 1. The van der Waals surface area contributed by atoms with E-state index >= 15 is 0 Å². The summed E-state index contributed by atoms with van der Waals surface area (Å²) in [5, 5.41) is 6.93. The van der Waals surface area contributed by atoms with Gasteiger partial charge in [-0.3, -0.25) is 9.59 Å². The van der Waals surface area contributed by atoms with Crippen LogP contribution < -0.4 is 10.9 Å². The second kappa shape index (κ2) is 6.22. The molecule has 21 heavy (non-hydrogen) atoms. The van der Waals surface area contributed by atoms with Crippen LogP contribution in [0.5, 0.6) is 0 Å². The molecule has 0 saturated carbocycles. The van der Waals surface area contributed by atoms with Crippen LogP contribution in [-0.2, 0) is 4.79 Å². The maximum atomic E-state index is 12.3. The van der Waals surface area contributed by atoms with Gasteiger partial charge in [0.1, 0.15) is 6.04 Å². The summed E-state index contributed by atoms with van der Waals surface area (Å²) in [6.07, 6.45) is 0. The number of amides is 1. The Morgan fingerprint density at radius 2 is 2.00 bits per heavy atom. The Labute approximate surface area is 131 Å². The molecular formula is C15H16BrN3O2. The fourth-order valence-corrected chi connectivity index (χ4v) is 2.39. The van der Waals surface area contributed by atoms with Crippen LogP contribution in [0, 0.1) is 13.8 Å². The van der Waals surface area contributed by atoms with E-state index in [0.717, 1.165) is 15.7 Å². The maximum Gasteiger partial charge on any atom is 0.267 e. The first-order valence-corrected chi connectivity index (χ1v) is 7.31. The molecule has 1 heterocycles. The molecule has 0 fully saturated rings. The van der Waals surface area contributed by atoms with Crippen LogP contribution in [0.15, 0.2) is 39.6 Å². The summed E-state index contributed by atoms with van der Waals surface area (Å²) in [7, 11) is 0. The zero-order chi connectivity index (χ0) is 15.6. The number of hydrogen-bond acceptors (Lipinski definition) is 3. The lowest BCUT2D eigenvalue weighted by molar-refractivity contribution is -0.119. The van der Waals surface area contributed by atoms with E-state index in [-0.39, 0.29) is 11.5 Å². The quantitative estimate of drug-likeness (QED) is 0.926. The molecule has 1 aromatic carbocycles. The number of anilines is 1. The third-order valence-corrected chi connectivity index (χ3v) is 3.64. The van der Waals surface area contributed by atoms with Gasteiger partial charge in [-0.05, 0) is 50.6 Å². The van der Waals surface area contributed by atoms with E-state index in [4.69, 9.17) is 0 Å². The standard InChI is InChI=1S/C15H16BrN3O2/c1-9-8-12(16)5-6-13(9)17-15(21)11(3)19-14(20)7-4-10(2)18-19/h4-8,11H,1-3H3,(H,17,21). The van der Waals surface area contributed by atoms with Gasteiger partial charge >= 0.3 is 0 Å². The Hall–Kier alpha value is -1.95. The number of nitrogens with zero attached hydrogens (tertiary/aromatic N) is 2. The van der Waals surface area contributed by atoms with Gasteiger partial charge in [-0.15, -0.1) is 0 Å². The van der Waals surface area contributed by atoms with Gasteiger partial charge in [0, 0.05) is 16.2 Å². The van der Waals surface area contributed by atoms with E-state index in [1.807, 2.05) is 25.1 Å². The van der Waals surface area contributed by atoms with E-state index in [0.29, 0.717) is 5.69 Å². The van der Waals surface area contributed by atoms with Crippen molar-refractivity contribution in [2.45, 2.75) is 26.8 Å². The second-order valence-electron chi connectivity index (χ2n) is 4.88. The zero-order valence-corrected chi connectivity index (χ0v) is 13.6. The Morgan fingerprint density at radius 3 is 2.67 bits per heavy atom. The average Bonchev–Trinajstić information content (AvgIpc) is 2.43. The summed E-state index contributed by atoms with van der Waals surface area (Å²) in [5.41, 5.74) is 2.05. The molecule has 0 saturated heterocycles. The first-order valence-electron chi connectivity index (χ1n) is 6.52. The average molecular weight is 350 g/mol. The molecule has 2 rings (SSSR count). The van der Waals surface area contributed by atoms with Gasteiger partial charge in [0.05, 0.1) is 5.69 Å². The fourth-order valence-electron chi connectivity index (χ4n) is 1.91. The van der Waals surface area contributed by atoms with Crippen molar-refractivity contribution in [2.24, 2.45) is 0 Å². The molecule has 0 aliphatic heterocycles. The SMILES string of the molecule is Cc1ccc(=O)n(C(C)C(=O)Nc2ccc(Br)cc2C)n1. The van der Waals surface area contributed by atoms with Crippen LogP contribution in [-0.4, -0.2) is 15.7 Å². The van der Waals surface area contributed by atoms with Crippen molar-refractivity contribution in [3.05, 3.63) is 56.4 Å².